The van der Waals surface area contributed by atoms with Crippen molar-refractivity contribution >= 4 is 11.6 Å². The lowest BCUT2D eigenvalue weighted by atomic mass is 10.1. The predicted molar refractivity (Wildman–Crippen MR) is 72.0 cm³/mol. The number of nitrogens with one attached hydrogen (secondary N) is 1. The third-order valence-corrected chi connectivity index (χ3v) is 2.86. The molecular weight excluding hydrogens is 228 g/mol. The van der Waals surface area contributed by atoms with E-state index in [1.807, 2.05) is 31.2 Å². The number of nitrogens with zero attached hydrogens (tertiary/aromatic N) is 1. The second kappa shape index (κ2) is 5.12. The fourth-order valence-corrected chi connectivity index (χ4v) is 2.08. The van der Waals surface area contributed by atoms with Gasteiger partial charge >= 0.3 is 0 Å². The Bertz CT molecular complexity index is 471. The smallest absolute Gasteiger partial charge is 0.262 e. The van der Waals surface area contributed by atoms with Crippen LogP contribution in [0.2, 0.25) is 0 Å². The van der Waals surface area contributed by atoms with Crippen molar-refractivity contribution in [2.45, 2.75) is 13.0 Å². The van der Waals surface area contributed by atoms with Gasteiger partial charge in [-0.1, -0.05) is 24.3 Å². The highest BCUT2D eigenvalue weighted by Crippen LogP contribution is 2.33. The second-order valence-electron chi connectivity index (χ2n) is 4.53. The van der Waals surface area contributed by atoms with E-state index in [0.29, 0.717) is 6.54 Å². The average Bonchev–Trinajstić information content (AvgIpc) is 2.37. The molecule has 1 amide bonds. The molecule has 0 aliphatic carbocycles. The van der Waals surface area contributed by atoms with Gasteiger partial charge in [-0.3, -0.25) is 4.79 Å². The zero-order valence-electron chi connectivity index (χ0n) is 10.8. The van der Waals surface area contributed by atoms with Gasteiger partial charge in [-0.05, 0) is 19.1 Å². The SMILES string of the molecule is C=C(C)CN1C[C@H](C(=O)NC)Oc2ccccc21. The topological polar surface area (TPSA) is 41.6 Å². The molecule has 0 spiro atoms. The molecule has 4 heteroatoms. The van der Waals surface area contributed by atoms with Crippen molar-refractivity contribution in [3.63, 3.8) is 0 Å². The zero-order chi connectivity index (χ0) is 13.1. The molecule has 0 unspecified atom stereocenters. The van der Waals surface area contributed by atoms with Crippen molar-refractivity contribution in [1.82, 2.24) is 5.32 Å². The Kier molecular flexibility index (Phi) is 3.55. The minimum atomic E-state index is -0.468. The highest BCUT2D eigenvalue weighted by atomic mass is 16.5. The average molecular weight is 246 g/mol. The van der Waals surface area contributed by atoms with Crippen LogP contribution in [0.1, 0.15) is 6.92 Å². The first-order valence-electron chi connectivity index (χ1n) is 5.98. The highest BCUT2D eigenvalue weighted by Gasteiger charge is 2.29. The van der Waals surface area contributed by atoms with Crippen molar-refractivity contribution in [3.05, 3.63) is 36.4 Å². The van der Waals surface area contributed by atoms with E-state index < -0.39 is 6.10 Å². The Labute approximate surface area is 107 Å². The van der Waals surface area contributed by atoms with E-state index in [2.05, 4.69) is 16.8 Å². The van der Waals surface area contributed by atoms with Crippen LogP contribution in [-0.4, -0.2) is 32.1 Å². The normalized spacial score (nSPS) is 17.7. The van der Waals surface area contributed by atoms with Gasteiger partial charge in [0.15, 0.2) is 6.10 Å². The van der Waals surface area contributed by atoms with E-state index in [-0.39, 0.29) is 5.91 Å². The minimum Gasteiger partial charge on any atom is -0.477 e. The summed E-state index contributed by atoms with van der Waals surface area (Å²) < 4.78 is 5.71. The lowest BCUT2D eigenvalue weighted by Crippen LogP contribution is -2.48. The zero-order valence-corrected chi connectivity index (χ0v) is 10.8. The molecule has 0 saturated heterocycles. The summed E-state index contributed by atoms with van der Waals surface area (Å²) in [6, 6.07) is 7.76. The van der Waals surface area contributed by atoms with Crippen molar-refractivity contribution in [2.24, 2.45) is 0 Å². The third-order valence-electron chi connectivity index (χ3n) is 2.86. The number of ether oxygens (including phenoxy) is 1. The Morgan fingerprint density at radius 1 is 1.56 bits per heavy atom. The molecule has 1 aromatic rings. The molecule has 96 valence electrons. The molecule has 0 saturated carbocycles. The van der Waals surface area contributed by atoms with Crippen LogP contribution < -0.4 is 15.0 Å². The fraction of sp³-hybridized carbons (Fsp3) is 0.357. The van der Waals surface area contributed by atoms with Crippen molar-refractivity contribution in [1.29, 1.82) is 0 Å². The minimum absolute atomic E-state index is 0.101. The van der Waals surface area contributed by atoms with Gasteiger partial charge in [0.25, 0.3) is 5.91 Å². The quantitative estimate of drug-likeness (QED) is 0.823. The molecule has 18 heavy (non-hydrogen) atoms. The highest BCUT2D eigenvalue weighted by molar-refractivity contribution is 5.83. The summed E-state index contributed by atoms with van der Waals surface area (Å²) >= 11 is 0. The number of rotatable bonds is 3. The molecule has 1 heterocycles. The van der Waals surface area contributed by atoms with Crippen LogP contribution in [0.15, 0.2) is 36.4 Å². The summed E-state index contributed by atoms with van der Waals surface area (Å²) in [5.41, 5.74) is 2.07. The lowest BCUT2D eigenvalue weighted by Gasteiger charge is -2.35. The summed E-state index contributed by atoms with van der Waals surface area (Å²) in [5, 5.41) is 2.63. The van der Waals surface area contributed by atoms with Gasteiger partial charge in [0, 0.05) is 13.6 Å². The number of amides is 1. The first-order valence-corrected chi connectivity index (χ1v) is 5.98. The number of carbonyl (C=O) groups excluding carboxylic acids is 1. The summed E-state index contributed by atoms with van der Waals surface area (Å²) in [4.78, 5) is 13.8. The molecule has 1 aliphatic rings. The van der Waals surface area contributed by atoms with Crippen LogP contribution in [0.3, 0.4) is 0 Å². The van der Waals surface area contributed by atoms with Gasteiger partial charge in [0.2, 0.25) is 0 Å². The molecule has 0 aromatic heterocycles. The summed E-state index contributed by atoms with van der Waals surface area (Å²) in [6.07, 6.45) is -0.468. The number of likely N-dealkylation sites (N-methyl/N-ethyl adjacent to an activating group) is 1. The molecule has 1 N–H and O–H groups in total. The monoisotopic (exact) mass is 246 g/mol. The van der Waals surface area contributed by atoms with Crippen molar-refractivity contribution < 1.29 is 9.53 Å². The van der Waals surface area contributed by atoms with E-state index in [1.54, 1.807) is 7.05 Å². The number of fused-ring (bicyclic) bond motifs is 1. The lowest BCUT2D eigenvalue weighted by molar-refractivity contribution is -0.127. The molecule has 0 radical (unpaired) electrons. The number of para-hydroxylation sites is 2. The van der Waals surface area contributed by atoms with Gasteiger partial charge in [-0.25, -0.2) is 0 Å². The van der Waals surface area contributed by atoms with Crippen LogP contribution in [-0.2, 0) is 4.79 Å². The largest absolute Gasteiger partial charge is 0.477 e. The van der Waals surface area contributed by atoms with Crippen LogP contribution >= 0.6 is 0 Å². The third kappa shape index (κ3) is 2.47. The predicted octanol–water partition coefficient (Wildman–Crippen LogP) is 1.58. The Morgan fingerprint density at radius 3 is 2.94 bits per heavy atom. The maximum Gasteiger partial charge on any atom is 0.262 e. The molecule has 1 atom stereocenters. The summed E-state index contributed by atoms with van der Waals surface area (Å²) in [7, 11) is 1.62. The molecule has 1 aromatic carbocycles. The van der Waals surface area contributed by atoms with Crippen LogP contribution in [0.4, 0.5) is 5.69 Å². The number of hydrogen-bond donors (Lipinski definition) is 1. The van der Waals surface area contributed by atoms with Gasteiger partial charge in [0.1, 0.15) is 5.75 Å². The van der Waals surface area contributed by atoms with Gasteiger partial charge in [0.05, 0.1) is 12.2 Å². The fourth-order valence-electron chi connectivity index (χ4n) is 2.08. The van der Waals surface area contributed by atoms with Crippen molar-refractivity contribution in [3.8, 4) is 5.75 Å². The standard InChI is InChI=1S/C14H18N2O2/c1-10(2)8-16-9-13(14(17)15-3)18-12-7-5-4-6-11(12)16/h4-7,13H,1,8-9H2,2-3H3,(H,15,17)/t13-/m1/s1. The van der Waals surface area contributed by atoms with E-state index in [9.17, 15) is 4.79 Å². The number of carbonyl (C=O) groups is 1. The van der Waals surface area contributed by atoms with E-state index in [1.165, 1.54) is 0 Å². The number of benzene rings is 1. The van der Waals surface area contributed by atoms with Crippen LogP contribution in [0, 0.1) is 0 Å². The Hall–Kier alpha value is -1.97. The number of hydrogen-bond acceptors (Lipinski definition) is 3. The van der Waals surface area contributed by atoms with E-state index in [4.69, 9.17) is 4.74 Å². The second-order valence-corrected chi connectivity index (χ2v) is 4.53. The molecular formula is C14H18N2O2. The first-order chi connectivity index (χ1) is 8.61. The molecule has 2 rings (SSSR count). The van der Waals surface area contributed by atoms with E-state index in [0.717, 1.165) is 23.6 Å². The van der Waals surface area contributed by atoms with Crippen LogP contribution in [0.25, 0.3) is 0 Å². The maximum absolute atomic E-state index is 11.7. The Morgan fingerprint density at radius 2 is 2.28 bits per heavy atom. The molecule has 1 aliphatic heterocycles. The van der Waals surface area contributed by atoms with Gasteiger partial charge < -0.3 is 15.0 Å². The van der Waals surface area contributed by atoms with E-state index >= 15 is 0 Å². The van der Waals surface area contributed by atoms with Gasteiger partial charge in [-0.2, -0.15) is 0 Å². The number of anilines is 1. The van der Waals surface area contributed by atoms with Crippen LogP contribution in [0.5, 0.6) is 5.75 Å². The summed E-state index contributed by atoms with van der Waals surface area (Å²) in [6.45, 7) is 7.18. The molecule has 0 bridgehead atoms. The van der Waals surface area contributed by atoms with Crippen molar-refractivity contribution in [2.75, 3.05) is 25.0 Å². The maximum atomic E-state index is 11.7. The van der Waals surface area contributed by atoms with Gasteiger partial charge in [-0.15, -0.1) is 0 Å². The molecule has 0 fully saturated rings. The Balaban J connectivity index is 2.29. The molecule has 4 nitrogen and oxygen atoms in total. The summed E-state index contributed by atoms with van der Waals surface area (Å²) in [5.74, 6) is 0.648. The first kappa shape index (κ1) is 12.5.